The summed E-state index contributed by atoms with van der Waals surface area (Å²) in [6, 6.07) is 2.25. The number of β-amino-alcohol motifs (C(OH)–C–C–N with tert-alkyl or cyclic N) is 1. The van der Waals surface area contributed by atoms with Crippen LogP contribution in [0.3, 0.4) is 0 Å². The molecule has 1 saturated heterocycles. The highest BCUT2D eigenvalue weighted by molar-refractivity contribution is 5.88. The van der Waals surface area contributed by atoms with Crippen molar-refractivity contribution in [2.24, 2.45) is 11.7 Å². The molecule has 0 unspecified atom stereocenters. The fourth-order valence-electron chi connectivity index (χ4n) is 4.53. The summed E-state index contributed by atoms with van der Waals surface area (Å²) in [4.78, 5) is 27.1. The predicted molar refractivity (Wildman–Crippen MR) is 123 cm³/mol. The van der Waals surface area contributed by atoms with E-state index in [2.05, 4.69) is 15.0 Å². The highest BCUT2D eigenvalue weighted by atomic mass is 19.4. The number of hydrogen-bond donors (Lipinski definition) is 2. The Morgan fingerprint density at radius 3 is 2.67 bits per heavy atom. The van der Waals surface area contributed by atoms with Crippen molar-refractivity contribution in [3.05, 3.63) is 47.9 Å². The maximum atomic E-state index is 15.2. The average molecular weight is 510 g/mol. The minimum absolute atomic E-state index is 0.0715. The Bertz CT molecular complexity index is 1220. The van der Waals surface area contributed by atoms with Gasteiger partial charge in [0.15, 0.2) is 5.82 Å². The first-order valence-electron chi connectivity index (χ1n) is 11.5. The molecule has 0 saturated carbocycles. The van der Waals surface area contributed by atoms with Crippen molar-refractivity contribution in [1.29, 1.82) is 0 Å². The van der Waals surface area contributed by atoms with Gasteiger partial charge < -0.3 is 20.3 Å². The van der Waals surface area contributed by atoms with E-state index >= 15 is 4.39 Å². The standard InChI is InChI=1S/C23H27F4N7O2/c1-2-33(9-16-4-3-15(7-29-16)23(25,26)27)21-20-17(24)10-34(22(20)31-13-30-21)8-14-5-6-32(11-18(14)35)12-19(28)36/h3-4,7,10,13-14,18,35H,2,5-6,8-9,11-12H2,1H3,(H2,28,36)/t14-,18+/m1/s1. The zero-order chi connectivity index (χ0) is 26.0. The number of piperidine rings is 1. The molecule has 0 aliphatic carbocycles. The van der Waals surface area contributed by atoms with Crippen molar-refractivity contribution in [3.63, 3.8) is 0 Å². The number of alkyl halides is 3. The van der Waals surface area contributed by atoms with E-state index in [-0.39, 0.29) is 24.4 Å². The lowest BCUT2D eigenvalue weighted by atomic mass is 9.93. The molecule has 1 fully saturated rings. The first-order valence-corrected chi connectivity index (χ1v) is 11.5. The molecule has 3 aromatic heterocycles. The van der Waals surface area contributed by atoms with Crippen LogP contribution in [0.25, 0.3) is 11.0 Å². The monoisotopic (exact) mass is 509 g/mol. The van der Waals surface area contributed by atoms with E-state index in [9.17, 15) is 23.1 Å². The molecule has 3 aromatic rings. The number of rotatable bonds is 8. The van der Waals surface area contributed by atoms with Crippen LogP contribution in [0.1, 0.15) is 24.6 Å². The molecule has 0 aromatic carbocycles. The number of carbonyl (C=O) groups excluding carboxylic acids is 1. The lowest BCUT2D eigenvalue weighted by molar-refractivity contribution is -0.137. The van der Waals surface area contributed by atoms with Gasteiger partial charge in [-0.25, -0.2) is 14.4 Å². The van der Waals surface area contributed by atoms with Gasteiger partial charge in [-0.3, -0.25) is 14.7 Å². The van der Waals surface area contributed by atoms with E-state index in [0.29, 0.717) is 49.8 Å². The number of likely N-dealkylation sites (tertiary alicyclic amines) is 1. The fraction of sp³-hybridized carbons (Fsp3) is 0.478. The van der Waals surface area contributed by atoms with Crippen LogP contribution in [0.5, 0.6) is 0 Å². The second-order valence-corrected chi connectivity index (χ2v) is 8.89. The molecule has 194 valence electrons. The van der Waals surface area contributed by atoms with Gasteiger partial charge in [0.05, 0.1) is 35.8 Å². The van der Waals surface area contributed by atoms with Crippen molar-refractivity contribution >= 4 is 22.8 Å². The zero-order valence-corrected chi connectivity index (χ0v) is 19.6. The number of hydrogen-bond acceptors (Lipinski definition) is 7. The number of fused-ring (bicyclic) bond motifs is 1. The van der Waals surface area contributed by atoms with Gasteiger partial charge in [-0.1, -0.05) is 0 Å². The van der Waals surface area contributed by atoms with Gasteiger partial charge in [0.25, 0.3) is 0 Å². The summed E-state index contributed by atoms with van der Waals surface area (Å²) in [6.45, 7) is 3.61. The highest BCUT2D eigenvalue weighted by Crippen LogP contribution is 2.31. The number of nitrogens with zero attached hydrogens (tertiary/aromatic N) is 6. The molecule has 0 radical (unpaired) electrons. The molecule has 3 N–H and O–H groups in total. The molecular weight excluding hydrogens is 482 g/mol. The van der Waals surface area contributed by atoms with Crippen molar-refractivity contribution in [2.45, 2.75) is 38.7 Å². The first kappa shape index (κ1) is 25.8. The smallest absolute Gasteiger partial charge is 0.391 e. The summed E-state index contributed by atoms with van der Waals surface area (Å²) < 4.78 is 55.3. The largest absolute Gasteiger partial charge is 0.417 e. The minimum atomic E-state index is -4.48. The first-order chi connectivity index (χ1) is 17.1. The van der Waals surface area contributed by atoms with Crippen molar-refractivity contribution in [2.75, 3.05) is 31.1 Å². The van der Waals surface area contributed by atoms with Gasteiger partial charge in [-0.05, 0) is 32.0 Å². The van der Waals surface area contributed by atoms with Crippen LogP contribution in [0.4, 0.5) is 23.4 Å². The second-order valence-electron chi connectivity index (χ2n) is 8.89. The van der Waals surface area contributed by atoms with Crippen LogP contribution in [-0.2, 0) is 24.1 Å². The predicted octanol–water partition coefficient (Wildman–Crippen LogP) is 2.18. The van der Waals surface area contributed by atoms with Crippen LogP contribution in [0, 0.1) is 11.7 Å². The van der Waals surface area contributed by atoms with E-state index in [4.69, 9.17) is 5.73 Å². The molecule has 1 aliphatic heterocycles. The molecule has 9 nitrogen and oxygen atoms in total. The van der Waals surface area contributed by atoms with Gasteiger partial charge in [-0.2, -0.15) is 13.2 Å². The number of halogens is 4. The quantitative estimate of drug-likeness (QED) is 0.448. The Hall–Kier alpha value is -3.32. The van der Waals surface area contributed by atoms with Gasteiger partial charge in [0, 0.05) is 37.9 Å². The number of aromatic nitrogens is 4. The number of anilines is 1. The maximum absolute atomic E-state index is 15.2. The lowest BCUT2D eigenvalue weighted by Gasteiger charge is -2.35. The fourth-order valence-corrected chi connectivity index (χ4v) is 4.53. The molecule has 0 spiro atoms. The van der Waals surface area contributed by atoms with Crippen LogP contribution in [-0.4, -0.2) is 67.7 Å². The Morgan fingerprint density at radius 1 is 1.28 bits per heavy atom. The van der Waals surface area contributed by atoms with Crippen molar-refractivity contribution < 1.29 is 27.5 Å². The number of carbonyl (C=O) groups is 1. The topological polar surface area (TPSA) is 113 Å². The summed E-state index contributed by atoms with van der Waals surface area (Å²) in [7, 11) is 0. The van der Waals surface area contributed by atoms with E-state index in [0.717, 1.165) is 12.3 Å². The van der Waals surface area contributed by atoms with Gasteiger partial charge in [-0.15, -0.1) is 0 Å². The van der Waals surface area contributed by atoms with E-state index in [1.54, 1.807) is 14.4 Å². The molecule has 0 bridgehead atoms. The average Bonchev–Trinajstić information content (AvgIpc) is 3.14. The van der Waals surface area contributed by atoms with Crippen LogP contribution < -0.4 is 10.6 Å². The van der Waals surface area contributed by atoms with Crippen molar-refractivity contribution in [1.82, 2.24) is 24.4 Å². The normalized spacial score (nSPS) is 19.1. The summed E-state index contributed by atoms with van der Waals surface area (Å²) >= 11 is 0. The second kappa shape index (κ2) is 10.3. The lowest BCUT2D eigenvalue weighted by Crippen LogP contribution is -2.47. The number of nitrogens with two attached hydrogens (primary N) is 1. The molecular formula is C23H27F4N7O2. The van der Waals surface area contributed by atoms with E-state index < -0.39 is 29.6 Å². The van der Waals surface area contributed by atoms with E-state index in [1.165, 1.54) is 18.6 Å². The van der Waals surface area contributed by atoms with Gasteiger partial charge in [0.1, 0.15) is 17.8 Å². The zero-order valence-electron chi connectivity index (χ0n) is 19.6. The number of aliphatic hydroxyl groups is 1. The molecule has 2 atom stereocenters. The summed E-state index contributed by atoms with van der Waals surface area (Å²) in [6.07, 6.45) is -1.22. The van der Waals surface area contributed by atoms with Crippen LogP contribution in [0.2, 0.25) is 0 Å². The Morgan fingerprint density at radius 2 is 2.06 bits per heavy atom. The molecule has 1 aliphatic rings. The third-order valence-electron chi connectivity index (χ3n) is 6.39. The third-order valence-corrected chi connectivity index (χ3v) is 6.39. The van der Waals surface area contributed by atoms with Crippen LogP contribution >= 0.6 is 0 Å². The third kappa shape index (κ3) is 5.57. The number of amides is 1. The summed E-state index contributed by atoms with van der Waals surface area (Å²) in [5.74, 6) is -0.881. The Balaban J connectivity index is 1.55. The maximum Gasteiger partial charge on any atom is 0.417 e. The number of primary amides is 1. The van der Waals surface area contributed by atoms with Crippen LogP contribution in [0.15, 0.2) is 30.9 Å². The Labute approximate surface area is 204 Å². The Kier molecular flexibility index (Phi) is 7.41. The molecule has 36 heavy (non-hydrogen) atoms. The molecule has 1 amide bonds. The summed E-state index contributed by atoms with van der Waals surface area (Å²) in [5.41, 5.74) is 5.12. The molecule has 4 heterocycles. The summed E-state index contributed by atoms with van der Waals surface area (Å²) in [5, 5.41) is 10.8. The number of pyridine rings is 1. The van der Waals surface area contributed by atoms with Gasteiger partial charge in [0.2, 0.25) is 5.91 Å². The van der Waals surface area contributed by atoms with E-state index in [1.807, 2.05) is 6.92 Å². The minimum Gasteiger partial charge on any atom is -0.391 e. The highest BCUT2D eigenvalue weighted by Gasteiger charge is 2.31. The van der Waals surface area contributed by atoms with Gasteiger partial charge >= 0.3 is 6.18 Å². The number of aliphatic hydroxyl groups excluding tert-OH is 1. The SMILES string of the molecule is CCN(Cc1ccc(C(F)(F)F)cn1)c1ncnc2c1c(F)cn2C[C@H]1CCN(CC(N)=O)C[C@@H]1O. The molecule has 4 rings (SSSR count). The molecule has 13 heteroatoms. The van der Waals surface area contributed by atoms with Crippen molar-refractivity contribution in [3.8, 4) is 0 Å².